The standard InChI is InChI=1S/C25H37F4N5O4Si/c1-19-23(35)33(18-37-14-15-39(2,3)4)24(36)34(30-19)9-5-8-31-10-12-32(13-11-31)21-7-6-20(26)16-22(21)38-17-25(27,28)29/h6-7,16H,5,8-15,17-18H2,1-4H3. The first-order valence-electron chi connectivity index (χ1n) is 13.0. The molecule has 1 aromatic heterocycles. The average Bonchev–Trinajstić information content (AvgIpc) is 2.85. The number of aromatic nitrogens is 3. The highest BCUT2D eigenvalue weighted by molar-refractivity contribution is 6.76. The summed E-state index contributed by atoms with van der Waals surface area (Å²) in [6, 6.07) is 4.53. The lowest BCUT2D eigenvalue weighted by atomic mass is 10.2. The van der Waals surface area contributed by atoms with E-state index in [2.05, 4.69) is 29.6 Å². The van der Waals surface area contributed by atoms with E-state index in [1.54, 1.807) is 6.92 Å². The van der Waals surface area contributed by atoms with Crippen LogP contribution in [0.25, 0.3) is 0 Å². The van der Waals surface area contributed by atoms with Crippen molar-refractivity contribution in [2.75, 3.05) is 50.8 Å². The van der Waals surface area contributed by atoms with Crippen LogP contribution in [0.15, 0.2) is 27.8 Å². The molecule has 218 valence electrons. The van der Waals surface area contributed by atoms with Crippen molar-refractivity contribution >= 4 is 13.8 Å². The lowest BCUT2D eigenvalue weighted by Gasteiger charge is -2.36. The van der Waals surface area contributed by atoms with E-state index >= 15 is 0 Å². The van der Waals surface area contributed by atoms with Crippen molar-refractivity contribution in [3.8, 4) is 5.75 Å². The van der Waals surface area contributed by atoms with Crippen molar-refractivity contribution < 1.29 is 27.0 Å². The third-order valence-electron chi connectivity index (χ3n) is 6.36. The molecule has 14 heteroatoms. The third-order valence-corrected chi connectivity index (χ3v) is 8.07. The fourth-order valence-electron chi connectivity index (χ4n) is 4.16. The van der Waals surface area contributed by atoms with Gasteiger partial charge in [-0.3, -0.25) is 9.69 Å². The molecule has 0 bridgehead atoms. The number of anilines is 1. The van der Waals surface area contributed by atoms with Crippen LogP contribution < -0.4 is 20.9 Å². The molecule has 2 heterocycles. The van der Waals surface area contributed by atoms with Gasteiger partial charge in [-0.15, -0.1) is 0 Å². The second-order valence-corrected chi connectivity index (χ2v) is 16.5. The molecule has 39 heavy (non-hydrogen) atoms. The zero-order valence-corrected chi connectivity index (χ0v) is 23.9. The zero-order valence-electron chi connectivity index (χ0n) is 22.9. The van der Waals surface area contributed by atoms with Gasteiger partial charge in [0.25, 0.3) is 5.56 Å². The summed E-state index contributed by atoms with van der Waals surface area (Å²) in [5, 5.41) is 4.16. The van der Waals surface area contributed by atoms with Crippen LogP contribution in [0.1, 0.15) is 12.1 Å². The van der Waals surface area contributed by atoms with Crippen molar-refractivity contribution in [3.63, 3.8) is 0 Å². The molecular formula is C25H37F4N5O4Si. The van der Waals surface area contributed by atoms with Gasteiger partial charge in [0.2, 0.25) is 0 Å². The Morgan fingerprint density at radius 1 is 1.05 bits per heavy atom. The monoisotopic (exact) mass is 575 g/mol. The van der Waals surface area contributed by atoms with Crippen LogP contribution in [0.3, 0.4) is 0 Å². The fraction of sp³-hybridized carbons (Fsp3) is 0.640. The molecule has 0 atom stereocenters. The molecule has 0 N–H and O–H groups in total. The van der Waals surface area contributed by atoms with Crippen molar-refractivity contribution in [2.24, 2.45) is 0 Å². The van der Waals surface area contributed by atoms with Crippen LogP contribution in [-0.4, -0.2) is 79.4 Å². The van der Waals surface area contributed by atoms with Crippen LogP contribution in [0, 0.1) is 12.7 Å². The Hall–Kier alpha value is -2.71. The first kappa shape index (κ1) is 30.8. The summed E-state index contributed by atoms with van der Waals surface area (Å²) in [4.78, 5) is 29.3. The normalized spacial score (nSPS) is 15.1. The number of alkyl halides is 3. The molecule has 2 aromatic rings. The van der Waals surface area contributed by atoms with Crippen LogP contribution in [0.5, 0.6) is 5.75 Å². The maximum atomic E-state index is 13.7. The van der Waals surface area contributed by atoms with E-state index in [-0.39, 0.29) is 18.2 Å². The number of hydrogen-bond acceptors (Lipinski definition) is 7. The molecule has 1 saturated heterocycles. The van der Waals surface area contributed by atoms with Crippen molar-refractivity contribution in [2.45, 2.75) is 58.5 Å². The molecule has 1 aliphatic rings. The molecular weight excluding hydrogens is 538 g/mol. The zero-order chi connectivity index (χ0) is 28.8. The van der Waals surface area contributed by atoms with E-state index < -0.39 is 37.9 Å². The van der Waals surface area contributed by atoms with E-state index in [4.69, 9.17) is 9.47 Å². The first-order valence-corrected chi connectivity index (χ1v) is 16.7. The van der Waals surface area contributed by atoms with Crippen molar-refractivity contribution in [3.05, 3.63) is 50.5 Å². The van der Waals surface area contributed by atoms with Crippen LogP contribution in [0.2, 0.25) is 25.7 Å². The van der Waals surface area contributed by atoms with E-state index in [9.17, 15) is 27.2 Å². The summed E-state index contributed by atoms with van der Waals surface area (Å²) in [6.45, 7) is 10.4. The Balaban J connectivity index is 1.53. The van der Waals surface area contributed by atoms with Crippen molar-refractivity contribution in [1.29, 1.82) is 0 Å². The number of aryl methyl sites for hydroxylation is 2. The minimum absolute atomic E-state index is 0.106. The number of benzene rings is 1. The fourth-order valence-corrected chi connectivity index (χ4v) is 4.92. The predicted molar refractivity (Wildman–Crippen MR) is 143 cm³/mol. The highest BCUT2D eigenvalue weighted by atomic mass is 28.3. The summed E-state index contributed by atoms with van der Waals surface area (Å²) in [5.74, 6) is -0.806. The quantitative estimate of drug-likeness (QED) is 0.218. The summed E-state index contributed by atoms with van der Waals surface area (Å²) < 4.78 is 64.4. The Morgan fingerprint density at radius 2 is 1.74 bits per heavy atom. The minimum Gasteiger partial charge on any atom is -0.482 e. The lowest BCUT2D eigenvalue weighted by molar-refractivity contribution is -0.153. The second-order valence-electron chi connectivity index (χ2n) is 10.9. The SMILES string of the molecule is Cc1nn(CCCN2CCN(c3ccc(F)cc3OCC(F)(F)F)CC2)c(=O)n(COCC[Si](C)(C)C)c1=O. The Bertz CT molecular complexity index is 1220. The highest BCUT2D eigenvalue weighted by Crippen LogP contribution is 2.31. The summed E-state index contributed by atoms with van der Waals surface area (Å²) in [7, 11) is -1.30. The maximum Gasteiger partial charge on any atom is 0.422 e. The van der Waals surface area contributed by atoms with Gasteiger partial charge >= 0.3 is 11.9 Å². The van der Waals surface area contributed by atoms with Crippen LogP contribution in [-0.2, 0) is 18.0 Å². The van der Waals surface area contributed by atoms with Crippen LogP contribution in [0.4, 0.5) is 23.2 Å². The van der Waals surface area contributed by atoms with E-state index in [1.165, 1.54) is 16.8 Å². The molecule has 0 unspecified atom stereocenters. The van der Waals surface area contributed by atoms with Gasteiger partial charge < -0.3 is 14.4 Å². The lowest BCUT2D eigenvalue weighted by Crippen LogP contribution is -2.47. The number of ether oxygens (including phenoxy) is 2. The average molecular weight is 576 g/mol. The summed E-state index contributed by atoms with van der Waals surface area (Å²) in [6.07, 6.45) is -3.91. The number of nitrogens with zero attached hydrogens (tertiary/aromatic N) is 5. The maximum absolute atomic E-state index is 13.7. The Kier molecular flexibility index (Phi) is 10.3. The predicted octanol–water partition coefficient (Wildman–Crippen LogP) is 3.32. The van der Waals surface area contributed by atoms with Gasteiger partial charge in [0.15, 0.2) is 6.61 Å². The number of piperazine rings is 1. The van der Waals surface area contributed by atoms with Crippen LogP contribution >= 0.6 is 0 Å². The molecule has 0 aliphatic carbocycles. The van der Waals surface area contributed by atoms with E-state index in [0.29, 0.717) is 58.0 Å². The minimum atomic E-state index is -4.52. The molecule has 0 spiro atoms. The molecule has 1 fully saturated rings. The van der Waals surface area contributed by atoms with Gasteiger partial charge in [0.05, 0.1) is 5.69 Å². The van der Waals surface area contributed by atoms with E-state index in [1.807, 2.05) is 4.90 Å². The van der Waals surface area contributed by atoms with E-state index in [0.717, 1.165) is 16.7 Å². The largest absolute Gasteiger partial charge is 0.482 e. The third kappa shape index (κ3) is 9.46. The summed E-state index contributed by atoms with van der Waals surface area (Å²) in [5.41, 5.74) is -0.327. The molecule has 3 rings (SSSR count). The van der Waals surface area contributed by atoms with Gasteiger partial charge in [-0.1, -0.05) is 19.6 Å². The highest BCUT2D eigenvalue weighted by Gasteiger charge is 2.30. The second kappa shape index (κ2) is 13.1. The van der Waals surface area contributed by atoms with Gasteiger partial charge in [-0.2, -0.15) is 18.3 Å². The smallest absolute Gasteiger partial charge is 0.422 e. The van der Waals surface area contributed by atoms with Gasteiger partial charge in [0, 0.05) is 60.0 Å². The molecule has 1 aromatic carbocycles. The Labute approximate surface area is 225 Å². The molecule has 0 radical (unpaired) electrons. The molecule has 9 nitrogen and oxygen atoms in total. The first-order chi connectivity index (χ1) is 18.2. The number of hydrogen-bond donors (Lipinski definition) is 0. The van der Waals surface area contributed by atoms with Gasteiger partial charge in [-0.05, 0) is 31.5 Å². The van der Waals surface area contributed by atoms with Crippen molar-refractivity contribution in [1.82, 2.24) is 19.2 Å². The van der Waals surface area contributed by atoms with Gasteiger partial charge in [0.1, 0.15) is 24.0 Å². The summed E-state index contributed by atoms with van der Waals surface area (Å²) >= 11 is 0. The number of rotatable bonds is 12. The molecule has 1 aliphatic heterocycles. The molecule has 0 amide bonds. The molecule has 0 saturated carbocycles. The Morgan fingerprint density at radius 3 is 2.38 bits per heavy atom. The number of halogens is 4. The topological polar surface area (TPSA) is 81.8 Å². The van der Waals surface area contributed by atoms with Gasteiger partial charge in [-0.25, -0.2) is 18.4 Å².